The van der Waals surface area contributed by atoms with Gasteiger partial charge in [-0.15, -0.1) is 0 Å². The molecule has 0 aromatic heterocycles. The highest BCUT2D eigenvalue weighted by atomic mass is 16.3. The molecular weight excluding hydrogens is 232 g/mol. The van der Waals surface area contributed by atoms with Crippen molar-refractivity contribution in [3.05, 3.63) is 11.6 Å². The van der Waals surface area contributed by atoms with E-state index < -0.39 is 0 Å². The predicted molar refractivity (Wildman–Crippen MR) is 84.2 cm³/mol. The van der Waals surface area contributed by atoms with E-state index in [1.807, 2.05) is 0 Å². The first-order valence-corrected chi connectivity index (χ1v) is 8.25. The van der Waals surface area contributed by atoms with Gasteiger partial charge in [0.15, 0.2) is 0 Å². The molecule has 0 bridgehead atoms. The average Bonchev–Trinajstić information content (AvgIpc) is 2.33. The van der Waals surface area contributed by atoms with Crippen LogP contribution in [-0.4, -0.2) is 11.2 Å². The minimum Gasteiger partial charge on any atom is -0.389 e. The van der Waals surface area contributed by atoms with Gasteiger partial charge in [-0.2, -0.15) is 0 Å². The van der Waals surface area contributed by atoms with Crippen LogP contribution in [0.4, 0.5) is 0 Å². The normalized spacial score (nSPS) is 29.3. The van der Waals surface area contributed by atoms with Crippen molar-refractivity contribution in [1.29, 1.82) is 0 Å². The van der Waals surface area contributed by atoms with Gasteiger partial charge in [0.05, 0.1) is 6.10 Å². The summed E-state index contributed by atoms with van der Waals surface area (Å²) in [6, 6.07) is 0. The highest BCUT2D eigenvalue weighted by Gasteiger charge is 2.35. The molecule has 0 amide bonds. The lowest BCUT2D eigenvalue weighted by Crippen LogP contribution is -2.33. The minimum atomic E-state index is -0.225. The van der Waals surface area contributed by atoms with Crippen molar-refractivity contribution in [2.24, 2.45) is 17.3 Å². The summed E-state index contributed by atoms with van der Waals surface area (Å²) in [7, 11) is 0. The van der Waals surface area contributed by atoms with Crippen molar-refractivity contribution in [1.82, 2.24) is 0 Å². The Morgan fingerprint density at radius 1 is 1.37 bits per heavy atom. The van der Waals surface area contributed by atoms with Gasteiger partial charge in [-0.3, -0.25) is 0 Å². The summed E-state index contributed by atoms with van der Waals surface area (Å²) in [4.78, 5) is 0. The van der Waals surface area contributed by atoms with Gasteiger partial charge in [0.1, 0.15) is 0 Å². The monoisotopic (exact) mass is 266 g/mol. The Bertz CT molecular complexity index is 290. The number of aliphatic hydroxyl groups is 1. The lowest BCUT2D eigenvalue weighted by atomic mass is 9.63. The highest BCUT2D eigenvalue weighted by Crippen LogP contribution is 2.45. The fourth-order valence-corrected chi connectivity index (χ4v) is 3.60. The van der Waals surface area contributed by atoms with E-state index in [2.05, 4.69) is 40.7 Å². The molecule has 0 saturated heterocycles. The molecule has 1 aliphatic rings. The molecule has 0 aromatic carbocycles. The molecule has 3 atom stereocenters. The van der Waals surface area contributed by atoms with Crippen molar-refractivity contribution in [2.45, 2.75) is 85.7 Å². The third-order valence-electron chi connectivity index (χ3n) is 5.05. The molecule has 0 aliphatic heterocycles. The molecule has 1 heteroatoms. The summed E-state index contributed by atoms with van der Waals surface area (Å²) >= 11 is 0. The molecule has 112 valence electrons. The molecule has 0 heterocycles. The molecule has 1 nitrogen and oxygen atoms in total. The number of allylic oxidation sites excluding steroid dienone is 1. The van der Waals surface area contributed by atoms with Crippen LogP contribution in [0.3, 0.4) is 0 Å². The molecule has 1 saturated carbocycles. The quantitative estimate of drug-likeness (QED) is 0.508. The van der Waals surface area contributed by atoms with E-state index in [-0.39, 0.29) is 6.10 Å². The molecule has 0 radical (unpaired) electrons. The Morgan fingerprint density at radius 2 is 2.05 bits per heavy atom. The Labute approximate surface area is 120 Å². The summed E-state index contributed by atoms with van der Waals surface area (Å²) in [5.74, 6) is 1.38. The first kappa shape index (κ1) is 16.8. The van der Waals surface area contributed by atoms with Crippen LogP contribution in [0, 0.1) is 17.3 Å². The Morgan fingerprint density at radius 3 is 2.63 bits per heavy atom. The van der Waals surface area contributed by atoms with E-state index >= 15 is 0 Å². The fraction of sp³-hybridized carbons (Fsp3) is 0.889. The predicted octanol–water partition coefficient (Wildman–Crippen LogP) is 5.34. The van der Waals surface area contributed by atoms with Crippen LogP contribution in [0.1, 0.15) is 79.6 Å². The van der Waals surface area contributed by atoms with Gasteiger partial charge < -0.3 is 5.11 Å². The van der Waals surface area contributed by atoms with Crippen molar-refractivity contribution in [2.75, 3.05) is 0 Å². The van der Waals surface area contributed by atoms with Crippen LogP contribution >= 0.6 is 0 Å². The van der Waals surface area contributed by atoms with Crippen LogP contribution in [0.2, 0.25) is 0 Å². The number of unbranched alkanes of at least 4 members (excludes halogenated alkanes) is 2. The van der Waals surface area contributed by atoms with E-state index in [0.29, 0.717) is 11.3 Å². The van der Waals surface area contributed by atoms with E-state index in [9.17, 15) is 5.11 Å². The van der Waals surface area contributed by atoms with Gasteiger partial charge in [0.2, 0.25) is 0 Å². The number of hydrogen-bond donors (Lipinski definition) is 1. The van der Waals surface area contributed by atoms with E-state index in [1.54, 1.807) is 0 Å². The first-order chi connectivity index (χ1) is 8.88. The Hall–Kier alpha value is -0.300. The summed E-state index contributed by atoms with van der Waals surface area (Å²) in [6.07, 6.45) is 10.7. The minimum absolute atomic E-state index is 0.225. The summed E-state index contributed by atoms with van der Waals surface area (Å²) in [5, 5.41) is 10.3. The lowest BCUT2D eigenvalue weighted by Gasteiger charge is -2.42. The second-order valence-electron chi connectivity index (χ2n) is 7.31. The third kappa shape index (κ3) is 4.95. The smallest absolute Gasteiger partial charge is 0.0747 e. The van der Waals surface area contributed by atoms with Crippen molar-refractivity contribution < 1.29 is 5.11 Å². The SMILES string of the molecule is CCCCCC(O)C(C)=CC1C(C)CCCC1(C)C. The fourth-order valence-electron chi connectivity index (χ4n) is 3.60. The Balaban J connectivity index is 2.64. The summed E-state index contributed by atoms with van der Waals surface area (Å²) < 4.78 is 0. The second-order valence-corrected chi connectivity index (χ2v) is 7.31. The zero-order chi connectivity index (χ0) is 14.5. The van der Waals surface area contributed by atoms with Crippen molar-refractivity contribution in [3.63, 3.8) is 0 Å². The molecule has 1 fully saturated rings. The van der Waals surface area contributed by atoms with Crippen LogP contribution in [-0.2, 0) is 0 Å². The highest BCUT2D eigenvalue weighted by molar-refractivity contribution is 5.10. The van der Waals surface area contributed by atoms with Gasteiger partial charge >= 0.3 is 0 Å². The van der Waals surface area contributed by atoms with Gasteiger partial charge in [0, 0.05) is 0 Å². The largest absolute Gasteiger partial charge is 0.389 e. The maximum atomic E-state index is 10.3. The van der Waals surface area contributed by atoms with E-state index in [1.165, 1.54) is 37.7 Å². The van der Waals surface area contributed by atoms with Crippen LogP contribution in [0.15, 0.2) is 11.6 Å². The molecule has 19 heavy (non-hydrogen) atoms. The maximum Gasteiger partial charge on any atom is 0.0747 e. The number of hydrogen-bond acceptors (Lipinski definition) is 1. The van der Waals surface area contributed by atoms with Gasteiger partial charge in [0.25, 0.3) is 0 Å². The zero-order valence-electron chi connectivity index (χ0n) is 13.7. The molecular formula is C18H34O. The van der Waals surface area contributed by atoms with Gasteiger partial charge in [-0.05, 0) is 42.6 Å². The van der Waals surface area contributed by atoms with Crippen molar-refractivity contribution in [3.8, 4) is 0 Å². The standard InChI is InChI=1S/C18H34O/c1-6-7-8-11-17(19)15(3)13-16-14(2)10-9-12-18(16,4)5/h13-14,16-17,19H,6-12H2,1-5H3. The molecule has 1 N–H and O–H groups in total. The van der Waals surface area contributed by atoms with Gasteiger partial charge in [-0.1, -0.05) is 65.9 Å². The number of rotatable bonds is 6. The maximum absolute atomic E-state index is 10.3. The summed E-state index contributed by atoms with van der Waals surface area (Å²) in [6.45, 7) is 11.5. The second kappa shape index (κ2) is 7.47. The van der Waals surface area contributed by atoms with E-state index in [4.69, 9.17) is 0 Å². The molecule has 1 rings (SSSR count). The summed E-state index contributed by atoms with van der Waals surface area (Å²) in [5.41, 5.74) is 1.59. The van der Waals surface area contributed by atoms with E-state index in [0.717, 1.165) is 18.8 Å². The van der Waals surface area contributed by atoms with Crippen molar-refractivity contribution >= 4 is 0 Å². The third-order valence-corrected chi connectivity index (χ3v) is 5.05. The molecule has 0 spiro atoms. The molecule has 3 unspecified atom stereocenters. The van der Waals surface area contributed by atoms with Crippen LogP contribution in [0.5, 0.6) is 0 Å². The molecule has 1 aliphatic carbocycles. The number of aliphatic hydroxyl groups excluding tert-OH is 1. The topological polar surface area (TPSA) is 20.2 Å². The van der Waals surface area contributed by atoms with Crippen LogP contribution < -0.4 is 0 Å². The zero-order valence-corrected chi connectivity index (χ0v) is 13.7. The first-order valence-electron chi connectivity index (χ1n) is 8.25. The molecule has 0 aromatic rings. The van der Waals surface area contributed by atoms with Crippen LogP contribution in [0.25, 0.3) is 0 Å². The lowest BCUT2D eigenvalue weighted by molar-refractivity contribution is 0.119. The van der Waals surface area contributed by atoms with Gasteiger partial charge in [-0.25, -0.2) is 0 Å². The average molecular weight is 266 g/mol. The Kier molecular flexibility index (Phi) is 6.59.